The van der Waals surface area contributed by atoms with Crippen molar-refractivity contribution in [2.75, 3.05) is 65.9 Å². The summed E-state index contributed by atoms with van der Waals surface area (Å²) in [5, 5.41) is 3.59. The van der Waals surface area contributed by atoms with Gasteiger partial charge in [0.25, 0.3) is 17.4 Å². The molecule has 6 heterocycles. The van der Waals surface area contributed by atoms with E-state index in [0.29, 0.717) is 24.0 Å². The number of rotatable bonds is 8. The summed E-state index contributed by atoms with van der Waals surface area (Å²) in [4.78, 5) is 75.6. The van der Waals surface area contributed by atoms with Crippen LogP contribution in [0.1, 0.15) is 63.9 Å². The number of aromatic nitrogens is 2. The highest BCUT2D eigenvalue weighted by Crippen LogP contribution is 2.43. The Hall–Kier alpha value is -6.04. The molecular weight excluding hydrogens is 739 g/mol. The fourth-order valence-corrected chi connectivity index (χ4v) is 8.90. The van der Waals surface area contributed by atoms with Gasteiger partial charge in [0.15, 0.2) is 0 Å². The van der Waals surface area contributed by atoms with E-state index in [0.717, 1.165) is 89.7 Å². The minimum atomic E-state index is -0.997. The van der Waals surface area contributed by atoms with E-state index in [4.69, 9.17) is 9.47 Å². The largest absolute Gasteiger partial charge is 0.496 e. The number of carbonyl (C=O) groups is 4. The number of benzene rings is 2. The van der Waals surface area contributed by atoms with Crippen molar-refractivity contribution in [3.8, 4) is 34.5 Å². The third-order valence-corrected chi connectivity index (χ3v) is 12.2. The summed E-state index contributed by atoms with van der Waals surface area (Å²) in [6.45, 7) is 5.08. The molecule has 8 rings (SSSR count). The lowest BCUT2D eigenvalue weighted by Crippen LogP contribution is -2.54. The Morgan fingerprint density at radius 2 is 1.57 bits per heavy atom. The molecule has 14 heteroatoms. The first-order valence-corrected chi connectivity index (χ1v) is 19.6. The average Bonchev–Trinajstić information content (AvgIpc) is 3.72. The van der Waals surface area contributed by atoms with Crippen LogP contribution in [-0.2, 0) is 23.2 Å². The van der Waals surface area contributed by atoms with E-state index in [1.807, 2.05) is 43.4 Å². The van der Waals surface area contributed by atoms with Gasteiger partial charge in [0.2, 0.25) is 11.8 Å². The van der Waals surface area contributed by atoms with Crippen LogP contribution in [0.5, 0.6) is 11.5 Å². The van der Waals surface area contributed by atoms with Gasteiger partial charge in [-0.3, -0.25) is 44.0 Å². The van der Waals surface area contributed by atoms with Crippen LogP contribution >= 0.6 is 0 Å². The van der Waals surface area contributed by atoms with Crippen molar-refractivity contribution in [3.05, 3.63) is 81.4 Å². The standard InChI is InChI=1S/C44H47N7O7/c1-47(2)38-22-30-32(23-45-38)41(54)48(3)24-33(30)28-20-36(57-4)34(37(21-28)58-5)25-49-16-12-44(13-17-49)14-18-50(26-44)15-6-7-27-8-9-29-31(19-27)43(56)51(42(29)55)35-10-11-39(52)46-40(35)53/h8-9,19-24,35H,10-18,25-26H2,1-5H3,(H,46,52,53). The first-order valence-electron chi connectivity index (χ1n) is 19.6. The number of anilines is 1. The van der Waals surface area contributed by atoms with Crippen LogP contribution in [0.4, 0.5) is 5.82 Å². The molecule has 300 valence electrons. The molecule has 1 atom stereocenters. The zero-order valence-electron chi connectivity index (χ0n) is 33.5. The molecule has 2 aromatic heterocycles. The normalized spacial score (nSPS) is 19.3. The van der Waals surface area contributed by atoms with Crippen LogP contribution in [0.15, 0.2) is 53.6 Å². The topological polar surface area (TPSA) is 147 Å². The van der Waals surface area contributed by atoms with Crippen LogP contribution in [0, 0.1) is 17.3 Å². The summed E-state index contributed by atoms with van der Waals surface area (Å²) in [6, 6.07) is 9.96. The molecule has 1 N–H and O–H groups in total. The Morgan fingerprint density at radius 3 is 2.24 bits per heavy atom. The first kappa shape index (κ1) is 38.8. The molecule has 4 aromatic rings. The SMILES string of the molecule is COc1cc(-c2cn(C)c(=O)c3cnc(N(C)C)cc23)cc(OC)c1CN1CCC2(CC1)CCN(CC#Cc1ccc3c(c1)C(=O)N(C1CCC(=O)NC1=O)C3=O)C2. The molecule has 14 nitrogen and oxygen atoms in total. The van der Waals surface area contributed by atoms with Gasteiger partial charge in [-0.25, -0.2) is 4.98 Å². The highest BCUT2D eigenvalue weighted by atomic mass is 16.5. The summed E-state index contributed by atoms with van der Waals surface area (Å²) < 4.78 is 13.6. The van der Waals surface area contributed by atoms with Crippen molar-refractivity contribution >= 4 is 40.2 Å². The summed E-state index contributed by atoms with van der Waals surface area (Å²) in [5.74, 6) is 6.59. The molecule has 0 aliphatic carbocycles. The van der Waals surface area contributed by atoms with E-state index >= 15 is 0 Å². The Morgan fingerprint density at radius 1 is 0.879 bits per heavy atom. The van der Waals surface area contributed by atoms with Gasteiger partial charge in [0.05, 0.1) is 42.8 Å². The fourth-order valence-electron chi connectivity index (χ4n) is 8.90. The summed E-state index contributed by atoms with van der Waals surface area (Å²) in [6.07, 6.45) is 6.93. The van der Waals surface area contributed by atoms with Crippen LogP contribution in [0.3, 0.4) is 0 Å². The molecule has 0 radical (unpaired) electrons. The van der Waals surface area contributed by atoms with Gasteiger partial charge in [-0.2, -0.15) is 0 Å². The number of methoxy groups -OCH3 is 2. The Bertz CT molecular complexity index is 2470. The minimum Gasteiger partial charge on any atom is -0.496 e. The number of hydrogen-bond acceptors (Lipinski definition) is 11. The van der Waals surface area contributed by atoms with E-state index in [1.165, 1.54) is 0 Å². The molecule has 3 saturated heterocycles. The van der Waals surface area contributed by atoms with E-state index < -0.39 is 29.7 Å². The van der Waals surface area contributed by atoms with Crippen LogP contribution < -0.4 is 25.2 Å². The van der Waals surface area contributed by atoms with Crippen LogP contribution in [0.2, 0.25) is 0 Å². The first-order chi connectivity index (χ1) is 27.9. The van der Waals surface area contributed by atoms with E-state index in [-0.39, 0.29) is 34.9 Å². The molecule has 1 spiro atoms. The number of nitrogens with zero attached hydrogens (tertiary/aromatic N) is 6. The molecule has 4 aliphatic rings. The highest BCUT2D eigenvalue weighted by molar-refractivity contribution is 6.23. The van der Waals surface area contributed by atoms with Gasteiger partial charge >= 0.3 is 0 Å². The van der Waals surface area contributed by atoms with E-state index in [2.05, 4.69) is 31.9 Å². The van der Waals surface area contributed by atoms with Crippen molar-refractivity contribution in [2.24, 2.45) is 12.5 Å². The second-order valence-electron chi connectivity index (χ2n) is 16.0. The molecular formula is C44H47N7O7. The number of pyridine rings is 2. The predicted molar refractivity (Wildman–Crippen MR) is 218 cm³/mol. The molecule has 1 unspecified atom stereocenters. The number of fused-ring (bicyclic) bond motifs is 2. The quantitative estimate of drug-likeness (QED) is 0.207. The number of carbonyl (C=O) groups excluding carboxylic acids is 4. The molecule has 4 aliphatic heterocycles. The van der Waals surface area contributed by atoms with Crippen molar-refractivity contribution in [1.29, 1.82) is 0 Å². The highest BCUT2D eigenvalue weighted by Gasteiger charge is 2.45. The maximum absolute atomic E-state index is 13.2. The second kappa shape index (κ2) is 15.4. The number of nitrogens with one attached hydrogen (secondary N) is 1. The molecule has 0 bridgehead atoms. The zero-order valence-corrected chi connectivity index (χ0v) is 33.5. The van der Waals surface area contributed by atoms with Crippen molar-refractivity contribution < 1.29 is 28.7 Å². The number of likely N-dealkylation sites (tertiary alicyclic amines) is 2. The van der Waals surface area contributed by atoms with Crippen LogP contribution in [-0.4, -0.2) is 115 Å². The number of ether oxygens (including phenoxy) is 2. The van der Waals surface area contributed by atoms with Crippen molar-refractivity contribution in [1.82, 2.24) is 29.6 Å². The lowest BCUT2D eigenvalue weighted by Gasteiger charge is -2.39. The molecule has 58 heavy (non-hydrogen) atoms. The van der Waals surface area contributed by atoms with E-state index in [1.54, 1.807) is 50.2 Å². The smallest absolute Gasteiger partial charge is 0.262 e. The Balaban J connectivity index is 0.908. The maximum atomic E-state index is 13.2. The Kier molecular flexibility index (Phi) is 10.3. The number of amides is 4. The second-order valence-corrected chi connectivity index (χ2v) is 16.0. The fraction of sp³-hybridized carbons (Fsp3) is 0.409. The predicted octanol–water partition coefficient (Wildman–Crippen LogP) is 3.42. The third-order valence-electron chi connectivity index (χ3n) is 12.2. The van der Waals surface area contributed by atoms with Gasteiger partial charge in [0, 0.05) is 69.6 Å². The van der Waals surface area contributed by atoms with Gasteiger partial charge in [-0.1, -0.05) is 11.8 Å². The molecule has 2 aromatic carbocycles. The van der Waals surface area contributed by atoms with Crippen LogP contribution in [0.25, 0.3) is 21.9 Å². The number of piperidine rings is 2. The maximum Gasteiger partial charge on any atom is 0.262 e. The lowest BCUT2D eigenvalue weighted by atomic mass is 9.77. The van der Waals surface area contributed by atoms with Gasteiger partial charge in [-0.05, 0) is 92.7 Å². The number of imide groups is 2. The molecule has 3 fully saturated rings. The molecule has 4 amide bonds. The third kappa shape index (κ3) is 7.09. The average molecular weight is 786 g/mol. The van der Waals surface area contributed by atoms with Crippen molar-refractivity contribution in [3.63, 3.8) is 0 Å². The summed E-state index contributed by atoms with van der Waals surface area (Å²) in [7, 11) is 8.96. The van der Waals surface area contributed by atoms with Crippen molar-refractivity contribution in [2.45, 2.75) is 44.7 Å². The monoisotopic (exact) mass is 785 g/mol. The molecule has 0 saturated carbocycles. The number of aryl methyl sites for hydroxylation is 1. The zero-order chi connectivity index (χ0) is 40.9. The minimum absolute atomic E-state index is 0.0758. The number of hydrogen-bond donors (Lipinski definition) is 1. The van der Waals surface area contributed by atoms with Gasteiger partial charge in [-0.15, -0.1) is 0 Å². The van der Waals surface area contributed by atoms with E-state index in [9.17, 15) is 24.0 Å². The van der Waals surface area contributed by atoms with Gasteiger partial charge < -0.3 is 18.9 Å². The lowest BCUT2D eigenvalue weighted by molar-refractivity contribution is -0.136. The summed E-state index contributed by atoms with van der Waals surface area (Å²) in [5.41, 5.74) is 3.98. The van der Waals surface area contributed by atoms with Gasteiger partial charge in [0.1, 0.15) is 23.4 Å². The Labute approximate surface area is 336 Å². The summed E-state index contributed by atoms with van der Waals surface area (Å²) >= 11 is 0.